The van der Waals surface area contributed by atoms with Crippen molar-refractivity contribution in [3.8, 4) is 0 Å². The topological polar surface area (TPSA) is 58.5 Å². The van der Waals surface area contributed by atoms with Crippen LogP contribution in [0.25, 0.3) is 0 Å². The Hall–Kier alpha value is -1.42. The van der Waals surface area contributed by atoms with Crippen molar-refractivity contribution >= 4 is 17.1 Å². The van der Waals surface area contributed by atoms with Gasteiger partial charge in [-0.3, -0.25) is 4.90 Å². The number of piperazine rings is 1. The molecule has 3 rings (SSSR count). The fraction of sp³-hybridized carbons (Fsp3) is 0.571. The minimum Gasteiger partial charge on any atom is -0.397 e. The van der Waals surface area contributed by atoms with E-state index in [0.717, 1.165) is 43.5 Å². The zero-order valence-corrected chi connectivity index (χ0v) is 10.8. The quantitative estimate of drug-likeness (QED) is 0.791. The first kappa shape index (κ1) is 11.7. The Morgan fingerprint density at radius 1 is 1.06 bits per heavy atom. The second-order valence-corrected chi connectivity index (χ2v) is 5.51. The van der Waals surface area contributed by atoms with Crippen LogP contribution in [0, 0.1) is 5.92 Å². The van der Waals surface area contributed by atoms with Gasteiger partial charge in [0, 0.05) is 32.7 Å². The third kappa shape index (κ3) is 2.38. The van der Waals surface area contributed by atoms with Gasteiger partial charge >= 0.3 is 0 Å². The zero-order chi connectivity index (χ0) is 12.5. The molecule has 0 aromatic heterocycles. The van der Waals surface area contributed by atoms with Crippen molar-refractivity contribution in [1.82, 2.24) is 4.90 Å². The molecule has 1 aliphatic heterocycles. The molecule has 0 amide bonds. The van der Waals surface area contributed by atoms with Crippen LogP contribution < -0.4 is 16.4 Å². The summed E-state index contributed by atoms with van der Waals surface area (Å²) in [4.78, 5) is 4.94. The Balaban J connectivity index is 1.62. The highest BCUT2D eigenvalue weighted by atomic mass is 15.3. The molecular weight excluding hydrogens is 224 g/mol. The molecule has 1 aromatic rings. The highest BCUT2D eigenvalue weighted by Gasteiger charge is 2.26. The largest absolute Gasteiger partial charge is 0.397 e. The van der Waals surface area contributed by atoms with E-state index in [1.165, 1.54) is 19.4 Å². The first-order valence-corrected chi connectivity index (χ1v) is 6.85. The molecule has 0 spiro atoms. The van der Waals surface area contributed by atoms with Gasteiger partial charge in [-0.05, 0) is 30.9 Å². The van der Waals surface area contributed by atoms with Gasteiger partial charge in [0.15, 0.2) is 0 Å². The van der Waals surface area contributed by atoms with E-state index in [1.807, 2.05) is 12.1 Å². The number of nitrogen functional groups attached to an aromatic ring is 2. The summed E-state index contributed by atoms with van der Waals surface area (Å²) in [6.07, 6.45) is 2.87. The summed E-state index contributed by atoms with van der Waals surface area (Å²) in [5.41, 5.74) is 14.4. The molecule has 4 nitrogen and oxygen atoms in total. The summed E-state index contributed by atoms with van der Waals surface area (Å²) in [5.74, 6) is 0.981. The van der Waals surface area contributed by atoms with E-state index >= 15 is 0 Å². The second-order valence-electron chi connectivity index (χ2n) is 5.51. The van der Waals surface area contributed by atoms with Crippen molar-refractivity contribution in [1.29, 1.82) is 0 Å². The van der Waals surface area contributed by atoms with Gasteiger partial charge in [-0.25, -0.2) is 0 Å². The van der Waals surface area contributed by atoms with Gasteiger partial charge in [-0.2, -0.15) is 0 Å². The van der Waals surface area contributed by atoms with Crippen molar-refractivity contribution in [3.63, 3.8) is 0 Å². The van der Waals surface area contributed by atoms with E-state index < -0.39 is 0 Å². The summed E-state index contributed by atoms with van der Waals surface area (Å²) in [7, 11) is 0. The summed E-state index contributed by atoms with van der Waals surface area (Å²) in [6, 6.07) is 5.92. The van der Waals surface area contributed by atoms with Gasteiger partial charge in [0.05, 0.1) is 17.1 Å². The molecule has 1 heterocycles. The molecule has 1 aliphatic carbocycles. The maximum absolute atomic E-state index is 6.06. The molecule has 2 fully saturated rings. The standard InChI is InChI=1S/C14H22N4/c15-12-2-1-3-13(14(12)16)18-8-6-17(7-9-18)10-11-4-5-11/h1-3,11H,4-10,15-16H2. The van der Waals surface area contributed by atoms with E-state index in [2.05, 4.69) is 15.9 Å². The lowest BCUT2D eigenvalue weighted by molar-refractivity contribution is 0.248. The molecular formula is C14H22N4. The molecule has 0 radical (unpaired) electrons. The summed E-state index contributed by atoms with van der Waals surface area (Å²) < 4.78 is 0. The fourth-order valence-corrected chi connectivity index (χ4v) is 2.68. The Labute approximate surface area is 109 Å². The van der Waals surface area contributed by atoms with E-state index in [9.17, 15) is 0 Å². The van der Waals surface area contributed by atoms with E-state index in [0.29, 0.717) is 5.69 Å². The highest BCUT2D eigenvalue weighted by Crippen LogP contribution is 2.31. The minimum absolute atomic E-state index is 0.688. The minimum atomic E-state index is 0.688. The number of hydrogen-bond donors (Lipinski definition) is 2. The lowest BCUT2D eigenvalue weighted by Gasteiger charge is -2.36. The third-order valence-corrected chi connectivity index (χ3v) is 4.04. The van der Waals surface area contributed by atoms with Crippen LogP contribution in [0.15, 0.2) is 18.2 Å². The molecule has 1 aromatic carbocycles. The van der Waals surface area contributed by atoms with E-state index in [-0.39, 0.29) is 0 Å². The Kier molecular flexibility index (Phi) is 3.04. The summed E-state index contributed by atoms with van der Waals surface area (Å²) in [5, 5.41) is 0. The van der Waals surface area contributed by atoms with Crippen molar-refractivity contribution < 1.29 is 0 Å². The monoisotopic (exact) mass is 246 g/mol. The van der Waals surface area contributed by atoms with Crippen molar-refractivity contribution in [2.24, 2.45) is 5.92 Å². The van der Waals surface area contributed by atoms with Crippen molar-refractivity contribution in [3.05, 3.63) is 18.2 Å². The fourth-order valence-electron chi connectivity index (χ4n) is 2.68. The molecule has 4 N–H and O–H groups in total. The van der Waals surface area contributed by atoms with Crippen LogP contribution in [0.3, 0.4) is 0 Å². The molecule has 18 heavy (non-hydrogen) atoms. The lowest BCUT2D eigenvalue weighted by Crippen LogP contribution is -2.47. The number of nitrogens with two attached hydrogens (primary N) is 2. The highest BCUT2D eigenvalue weighted by molar-refractivity contribution is 5.79. The van der Waals surface area contributed by atoms with Gasteiger partial charge in [-0.15, -0.1) is 0 Å². The molecule has 4 heteroatoms. The van der Waals surface area contributed by atoms with Crippen LogP contribution in [-0.4, -0.2) is 37.6 Å². The number of rotatable bonds is 3. The molecule has 0 bridgehead atoms. The van der Waals surface area contributed by atoms with E-state index in [4.69, 9.17) is 11.5 Å². The molecule has 0 atom stereocenters. The number of benzene rings is 1. The Morgan fingerprint density at radius 2 is 1.78 bits per heavy atom. The maximum atomic E-state index is 6.06. The third-order valence-electron chi connectivity index (χ3n) is 4.04. The average Bonchev–Trinajstić information content (AvgIpc) is 3.18. The summed E-state index contributed by atoms with van der Waals surface area (Å²) >= 11 is 0. The average molecular weight is 246 g/mol. The first-order valence-electron chi connectivity index (χ1n) is 6.85. The molecule has 2 aliphatic rings. The second kappa shape index (κ2) is 4.69. The van der Waals surface area contributed by atoms with Crippen LogP contribution in [0.2, 0.25) is 0 Å². The lowest BCUT2D eigenvalue weighted by atomic mass is 10.2. The Morgan fingerprint density at radius 3 is 2.44 bits per heavy atom. The van der Waals surface area contributed by atoms with E-state index in [1.54, 1.807) is 0 Å². The molecule has 1 saturated heterocycles. The predicted octanol–water partition coefficient (Wildman–Crippen LogP) is 1.38. The van der Waals surface area contributed by atoms with Gasteiger partial charge in [0.1, 0.15) is 0 Å². The number of para-hydroxylation sites is 1. The summed E-state index contributed by atoms with van der Waals surface area (Å²) in [6.45, 7) is 5.69. The smallest absolute Gasteiger partial charge is 0.0785 e. The van der Waals surface area contributed by atoms with Crippen molar-refractivity contribution in [2.75, 3.05) is 49.1 Å². The Bertz CT molecular complexity index is 420. The van der Waals surface area contributed by atoms with Gasteiger partial charge in [-0.1, -0.05) is 6.07 Å². The molecule has 0 unspecified atom stereocenters. The van der Waals surface area contributed by atoms with Crippen LogP contribution in [0.4, 0.5) is 17.1 Å². The number of nitrogens with zero attached hydrogens (tertiary/aromatic N) is 2. The van der Waals surface area contributed by atoms with Crippen LogP contribution in [0.1, 0.15) is 12.8 Å². The van der Waals surface area contributed by atoms with Gasteiger partial charge < -0.3 is 16.4 Å². The zero-order valence-electron chi connectivity index (χ0n) is 10.8. The van der Waals surface area contributed by atoms with Crippen LogP contribution >= 0.6 is 0 Å². The van der Waals surface area contributed by atoms with Gasteiger partial charge in [0.2, 0.25) is 0 Å². The normalized spacial score (nSPS) is 21.2. The number of hydrogen-bond acceptors (Lipinski definition) is 4. The first-order chi connectivity index (χ1) is 8.74. The van der Waals surface area contributed by atoms with Crippen molar-refractivity contribution in [2.45, 2.75) is 12.8 Å². The molecule has 98 valence electrons. The predicted molar refractivity (Wildman–Crippen MR) is 76.6 cm³/mol. The molecule has 1 saturated carbocycles. The van der Waals surface area contributed by atoms with Gasteiger partial charge in [0.25, 0.3) is 0 Å². The SMILES string of the molecule is Nc1cccc(N2CCN(CC3CC3)CC2)c1N. The van der Waals surface area contributed by atoms with Crippen LogP contribution in [0.5, 0.6) is 0 Å². The maximum Gasteiger partial charge on any atom is 0.0785 e. The number of anilines is 3. The van der Waals surface area contributed by atoms with Crippen LogP contribution in [-0.2, 0) is 0 Å².